The summed E-state index contributed by atoms with van der Waals surface area (Å²) in [4.78, 5) is 34.7. The molecule has 25 rings (SSSR count). The van der Waals surface area contributed by atoms with Crippen LogP contribution in [0, 0.1) is 48.5 Å². The van der Waals surface area contributed by atoms with E-state index in [-0.39, 0.29) is 85.8 Å². The van der Waals surface area contributed by atoms with Gasteiger partial charge < -0.3 is 73.0 Å². The van der Waals surface area contributed by atoms with E-state index >= 15 is 0 Å². The minimum atomic E-state index is -0.114. The smallest absolute Gasteiger partial charge is 0.186 e. The van der Waals surface area contributed by atoms with Gasteiger partial charge in [0.25, 0.3) is 0 Å². The van der Waals surface area contributed by atoms with Crippen LogP contribution in [0.2, 0.25) is 0 Å². The predicted molar refractivity (Wildman–Crippen MR) is 532 cm³/mol. The molecule has 13 aromatic carbocycles. The number of rotatable bonds is 9. The van der Waals surface area contributed by atoms with Gasteiger partial charge in [-0.15, -0.1) is 287 Å². The van der Waals surface area contributed by atoms with E-state index in [1.807, 2.05) is 382 Å². The summed E-state index contributed by atoms with van der Waals surface area (Å²) in [6, 6.07) is 158. The molecule has 15 nitrogen and oxygen atoms in total. The Morgan fingerprint density at radius 1 is 0.186 bits per heavy atom. The number of fused-ring (bicyclic) bond motifs is 8. The molecule has 0 amide bonds. The van der Waals surface area contributed by atoms with Crippen LogP contribution in [-0.4, -0.2) is 39.9 Å². The zero-order valence-corrected chi connectivity index (χ0v) is 84.7. The van der Waals surface area contributed by atoms with Gasteiger partial charge in [0.1, 0.15) is 11.5 Å². The molecule has 692 valence electrons. The minimum Gasteiger partial charge on any atom is -0.457 e. The SMILES string of the molecule is CC1(C)c2ccccc2Oc2cnc(-c3[c-]cccc3)cc21.[Ir].[Ir].[Ir].[Ir].[c-]1ccccc1-c1cc2c(cn1)Oc1ccc(-c3ccccc3)cc1O2.[c-]1ccccc1-c1cc2c(cn1)Oc1ccccc1O2.[c-]1ccccc1-c1ccccn1.[c-]1ccccc1-c1ccccn1.[c-]1ccccc1-c1ccccn1.[c-]1ccccc1-c1ccccn1.[c-]1ccccc1-c1nccc2c1Oc1ccccc1O2. The van der Waals surface area contributed by atoms with E-state index in [0.29, 0.717) is 69.0 Å². The van der Waals surface area contributed by atoms with Gasteiger partial charge in [0.2, 0.25) is 0 Å². The molecule has 0 atom stereocenters. The average molecular weight is 2530 g/mol. The monoisotopic (exact) mass is 2530 g/mol. The number of hydrogen-bond donors (Lipinski definition) is 0. The van der Waals surface area contributed by atoms with Crippen LogP contribution in [-0.2, 0) is 85.8 Å². The van der Waals surface area contributed by atoms with Gasteiger partial charge in [-0.3, -0.25) is 0 Å². The van der Waals surface area contributed by atoms with Crippen LogP contribution in [0.15, 0.2) is 462 Å². The van der Waals surface area contributed by atoms with Crippen LogP contribution in [0.3, 0.4) is 0 Å². The second-order valence-corrected chi connectivity index (χ2v) is 30.9. The third kappa shape index (κ3) is 25.9. The summed E-state index contributed by atoms with van der Waals surface area (Å²) in [6.07, 6.45) is 14.1. The van der Waals surface area contributed by atoms with Crippen molar-refractivity contribution in [2.24, 2.45) is 0 Å². The summed E-state index contributed by atoms with van der Waals surface area (Å²) < 4.78 is 41.6. The molecule has 140 heavy (non-hydrogen) atoms. The summed E-state index contributed by atoms with van der Waals surface area (Å²) in [6.45, 7) is 4.46. The van der Waals surface area contributed by atoms with Crippen molar-refractivity contribution in [3.8, 4) is 182 Å². The third-order valence-corrected chi connectivity index (χ3v) is 21.4. The Balaban J connectivity index is 0.000000129. The molecule has 21 aromatic rings. The molecule has 4 radical (unpaired) electrons. The van der Waals surface area contributed by atoms with Gasteiger partial charge in [0, 0.05) is 134 Å². The number of hydrogen-bond acceptors (Lipinski definition) is 15. The van der Waals surface area contributed by atoms with Gasteiger partial charge in [0.15, 0.2) is 69.0 Å². The molecule has 8 aromatic heterocycles. The number of ether oxygens (including phenoxy) is 7. The Morgan fingerprint density at radius 2 is 0.486 bits per heavy atom. The number of pyridine rings is 8. The Morgan fingerprint density at radius 3 is 0.871 bits per heavy atom. The van der Waals surface area contributed by atoms with Crippen molar-refractivity contribution in [3.63, 3.8) is 0 Å². The van der Waals surface area contributed by atoms with Crippen molar-refractivity contribution in [1.29, 1.82) is 0 Å². The molecule has 12 heterocycles. The molecule has 0 unspecified atom stereocenters. The molecule has 0 saturated carbocycles. The van der Waals surface area contributed by atoms with Gasteiger partial charge in [-0.25, -0.2) is 0 Å². The van der Waals surface area contributed by atoms with Crippen molar-refractivity contribution < 1.29 is 114 Å². The van der Waals surface area contributed by atoms with E-state index in [1.54, 1.807) is 49.4 Å². The molecular weight excluding hydrogens is 2450 g/mol. The third-order valence-electron chi connectivity index (χ3n) is 21.4. The first-order chi connectivity index (χ1) is 67.2. The largest absolute Gasteiger partial charge is 0.457 e. The Kier molecular flexibility index (Phi) is 36.0. The molecule has 4 aliphatic rings. The summed E-state index contributed by atoms with van der Waals surface area (Å²) in [7, 11) is 0. The average Bonchev–Trinajstić information content (AvgIpc) is 0.742. The zero-order valence-electron chi connectivity index (χ0n) is 75.1. The minimum absolute atomic E-state index is 0. The van der Waals surface area contributed by atoms with Gasteiger partial charge in [-0.2, -0.15) is 0 Å². The normalized spacial score (nSPS) is 11.2. The molecule has 0 fully saturated rings. The molecule has 4 aliphatic heterocycles. The van der Waals surface area contributed by atoms with E-state index in [2.05, 4.69) is 133 Å². The van der Waals surface area contributed by atoms with Gasteiger partial charge in [-0.1, -0.05) is 147 Å². The van der Waals surface area contributed by atoms with Crippen molar-refractivity contribution in [1.82, 2.24) is 39.9 Å². The number of nitrogens with zero attached hydrogens (tertiary/aromatic N) is 8. The van der Waals surface area contributed by atoms with Crippen LogP contribution in [0.1, 0.15) is 25.0 Å². The van der Waals surface area contributed by atoms with Crippen LogP contribution >= 0.6 is 0 Å². The van der Waals surface area contributed by atoms with Crippen molar-refractivity contribution in [2.45, 2.75) is 19.3 Å². The molecule has 0 saturated heterocycles. The predicted octanol–water partition coefficient (Wildman–Crippen LogP) is 30.2. The molecule has 19 heteroatoms. The molecule has 0 spiro atoms. The Bertz CT molecular complexity index is 6890. The van der Waals surface area contributed by atoms with Crippen LogP contribution in [0.25, 0.3) is 101 Å². The van der Waals surface area contributed by atoms with E-state index in [1.165, 1.54) is 5.56 Å². The summed E-state index contributed by atoms with van der Waals surface area (Å²) >= 11 is 0. The van der Waals surface area contributed by atoms with E-state index < -0.39 is 0 Å². The fourth-order valence-electron chi connectivity index (χ4n) is 14.7. The summed E-state index contributed by atoms with van der Waals surface area (Å²) in [5.41, 5.74) is 19.5. The maximum absolute atomic E-state index is 6.12. The number of benzene rings is 13. The number of aromatic nitrogens is 8. The van der Waals surface area contributed by atoms with E-state index in [0.717, 1.165) is 118 Å². The summed E-state index contributed by atoms with van der Waals surface area (Å²) in [5.74, 6) is 9.87. The summed E-state index contributed by atoms with van der Waals surface area (Å²) in [5, 5.41) is 0. The second-order valence-electron chi connectivity index (χ2n) is 30.9. The van der Waals surface area contributed by atoms with Gasteiger partial charge in [0.05, 0.1) is 18.6 Å². The Labute approximate surface area is 868 Å². The zero-order chi connectivity index (χ0) is 92.1. The molecule has 0 N–H and O–H groups in total. The van der Waals surface area contributed by atoms with Gasteiger partial charge >= 0.3 is 0 Å². The maximum atomic E-state index is 6.12. The van der Waals surface area contributed by atoms with Crippen LogP contribution < -0.4 is 33.2 Å². The van der Waals surface area contributed by atoms with Gasteiger partial charge in [-0.05, 0) is 135 Å². The first-order valence-electron chi connectivity index (χ1n) is 43.8. The molecule has 0 aliphatic carbocycles. The topological polar surface area (TPSA) is 168 Å². The van der Waals surface area contributed by atoms with E-state index in [4.69, 9.17) is 33.2 Å². The Hall–Kier alpha value is -15.7. The second kappa shape index (κ2) is 50.4. The van der Waals surface area contributed by atoms with Crippen LogP contribution in [0.4, 0.5) is 0 Å². The van der Waals surface area contributed by atoms with Crippen molar-refractivity contribution in [3.05, 3.63) is 522 Å². The van der Waals surface area contributed by atoms with Crippen LogP contribution in [0.5, 0.6) is 80.5 Å². The maximum Gasteiger partial charge on any atom is 0.186 e. The standard InChI is InChI=1S/C23H14NO2.C20H16NO.2C17H10NO2.4C11H8N.4Ir/c1-3-7-16(8-4-1)18-11-12-20-21(13-18)26-22-14-19(24-15-23(22)25-20)17-9-5-2-6-10-17;1-20(2)15-10-6-7-11-18(15)22-19-13-21-17(12-16(19)20)14-8-4-3-5-9-14;1-2-6-12(7-3-1)13-10-16-17(11-18-13)20-15-9-5-4-8-14(15)19-16;1-2-6-12(7-3-1)16-17-15(10-11-18-16)19-13-8-4-5-9-14(13)20-17;4*1-2-6-10(7-3-1)11-8-4-5-9-12-11;;;;/h1-9,11-15H;3-8,10-13H,1-2H3;2*1-6,8-11H;4*1-6,8-9H;;;;/q8*-1;;;;. The quantitative estimate of drug-likeness (QED) is 0.125. The van der Waals surface area contributed by atoms with E-state index in [9.17, 15) is 0 Å². The molecular formula is C121H82Ir4N8O7-8. The van der Waals surface area contributed by atoms with Crippen molar-refractivity contribution in [2.75, 3.05) is 0 Å². The molecule has 0 bridgehead atoms. The first kappa shape index (κ1) is 100. The fraction of sp³-hybridized carbons (Fsp3) is 0.0248. The first-order valence-corrected chi connectivity index (χ1v) is 43.8. The fourth-order valence-corrected chi connectivity index (χ4v) is 14.7. The number of para-hydroxylation sites is 5. The van der Waals surface area contributed by atoms with Crippen molar-refractivity contribution >= 4 is 0 Å².